The van der Waals surface area contributed by atoms with Crippen molar-refractivity contribution < 1.29 is 13.3 Å². The molecular formula is C22H21F2N7OS. The Bertz CT molecular complexity index is 1360. The molecule has 4 aromatic heterocycles. The van der Waals surface area contributed by atoms with Crippen molar-refractivity contribution in [2.75, 3.05) is 5.75 Å². The number of fused-ring (bicyclic) bond motifs is 1. The zero-order valence-corrected chi connectivity index (χ0v) is 18.9. The first-order chi connectivity index (χ1) is 16.0. The second kappa shape index (κ2) is 7.54. The molecule has 0 bridgehead atoms. The van der Waals surface area contributed by atoms with E-state index in [0.29, 0.717) is 53.2 Å². The summed E-state index contributed by atoms with van der Waals surface area (Å²) in [5.41, 5.74) is 1.90. The molecule has 11 heteroatoms. The highest BCUT2D eigenvalue weighted by Crippen LogP contribution is 2.49. The Morgan fingerprint density at radius 1 is 1.15 bits per heavy atom. The molecule has 0 saturated heterocycles. The van der Waals surface area contributed by atoms with Gasteiger partial charge in [-0.1, -0.05) is 12.1 Å². The smallest absolute Gasteiger partial charge is 0.294 e. The summed E-state index contributed by atoms with van der Waals surface area (Å²) < 4.78 is 36.2. The highest BCUT2D eigenvalue weighted by atomic mass is 32.2. The van der Waals surface area contributed by atoms with E-state index in [2.05, 4.69) is 30.3 Å². The van der Waals surface area contributed by atoms with E-state index in [1.54, 1.807) is 29.6 Å². The fourth-order valence-corrected chi connectivity index (χ4v) is 4.67. The van der Waals surface area contributed by atoms with Crippen LogP contribution in [-0.2, 0) is 13.0 Å². The average Bonchev–Trinajstić information content (AvgIpc) is 3.75. The van der Waals surface area contributed by atoms with Crippen LogP contribution in [0.2, 0.25) is 0 Å². The first-order valence-corrected chi connectivity index (χ1v) is 12.0. The van der Waals surface area contributed by atoms with Gasteiger partial charge in [-0.3, -0.25) is 4.98 Å². The number of hydrogen-bond acceptors (Lipinski definition) is 8. The number of alkyl halides is 2. The highest BCUT2D eigenvalue weighted by molar-refractivity contribution is 7.99. The van der Waals surface area contributed by atoms with Crippen LogP contribution in [0.3, 0.4) is 0 Å². The molecular weight excluding hydrogens is 448 g/mol. The fraction of sp³-hybridized carbons (Fsp3) is 0.455. The molecule has 0 atom stereocenters. The number of hydrogen-bond donors (Lipinski definition) is 0. The number of aryl methyl sites for hydroxylation is 1. The maximum Gasteiger partial charge on any atom is 0.294 e. The molecule has 170 valence electrons. The highest BCUT2D eigenvalue weighted by Gasteiger charge is 2.49. The lowest BCUT2D eigenvalue weighted by molar-refractivity contribution is -0.0334. The van der Waals surface area contributed by atoms with Crippen molar-refractivity contribution in [3.8, 4) is 22.9 Å². The molecule has 2 aliphatic rings. The Morgan fingerprint density at radius 2 is 1.97 bits per heavy atom. The minimum Gasteiger partial charge on any atom is -0.339 e. The molecule has 4 heterocycles. The Morgan fingerprint density at radius 3 is 2.70 bits per heavy atom. The van der Waals surface area contributed by atoms with Crippen LogP contribution < -0.4 is 0 Å². The molecule has 0 aliphatic heterocycles. The molecule has 8 nitrogen and oxygen atoms in total. The SMILES string of the molecule is CCSc1cc(-c2noc(C3CC3)n2)cnc1-c1nc2cc(C(F)(F)C3CC3)nnc2n1C. The Balaban J connectivity index is 1.40. The van der Waals surface area contributed by atoms with Gasteiger partial charge in [-0.25, -0.2) is 4.98 Å². The van der Waals surface area contributed by atoms with Gasteiger partial charge in [0.2, 0.25) is 11.7 Å². The summed E-state index contributed by atoms with van der Waals surface area (Å²) in [6.45, 7) is 2.05. The number of halogens is 2. The van der Waals surface area contributed by atoms with Crippen LogP contribution in [-0.4, -0.2) is 40.6 Å². The third kappa shape index (κ3) is 3.58. The molecule has 2 fully saturated rings. The van der Waals surface area contributed by atoms with Crippen molar-refractivity contribution in [2.45, 2.75) is 49.3 Å². The predicted molar refractivity (Wildman–Crippen MR) is 118 cm³/mol. The molecule has 2 saturated carbocycles. The van der Waals surface area contributed by atoms with Gasteiger partial charge >= 0.3 is 0 Å². The van der Waals surface area contributed by atoms with Gasteiger partial charge in [-0.2, -0.15) is 13.8 Å². The molecule has 0 radical (unpaired) electrons. The minimum atomic E-state index is -2.98. The number of nitrogens with zero attached hydrogens (tertiary/aromatic N) is 7. The predicted octanol–water partition coefficient (Wildman–Crippen LogP) is 4.97. The lowest BCUT2D eigenvalue weighted by atomic mass is 10.1. The Labute approximate surface area is 192 Å². The van der Waals surface area contributed by atoms with Crippen molar-refractivity contribution in [2.24, 2.45) is 13.0 Å². The summed E-state index contributed by atoms with van der Waals surface area (Å²) in [4.78, 5) is 14.7. The van der Waals surface area contributed by atoms with Crippen LogP contribution in [0.1, 0.15) is 50.1 Å². The maximum absolute atomic E-state index is 14.6. The van der Waals surface area contributed by atoms with Crippen LogP contribution in [0, 0.1) is 5.92 Å². The molecule has 4 aromatic rings. The van der Waals surface area contributed by atoms with Gasteiger partial charge in [-0.15, -0.1) is 22.0 Å². The van der Waals surface area contributed by atoms with Crippen LogP contribution >= 0.6 is 11.8 Å². The second-order valence-corrected chi connectivity index (χ2v) is 9.87. The third-order valence-corrected chi connectivity index (χ3v) is 6.95. The summed E-state index contributed by atoms with van der Waals surface area (Å²) in [6.07, 6.45) is 4.88. The van der Waals surface area contributed by atoms with Gasteiger partial charge in [0.15, 0.2) is 11.5 Å². The summed E-state index contributed by atoms with van der Waals surface area (Å²) in [5.74, 6) is -0.713. The van der Waals surface area contributed by atoms with Crippen molar-refractivity contribution >= 4 is 22.9 Å². The summed E-state index contributed by atoms with van der Waals surface area (Å²) in [5, 5.41) is 12.0. The summed E-state index contributed by atoms with van der Waals surface area (Å²) >= 11 is 1.61. The van der Waals surface area contributed by atoms with E-state index in [1.807, 2.05) is 13.0 Å². The van der Waals surface area contributed by atoms with Gasteiger partial charge in [0.05, 0.1) is 0 Å². The normalized spacial score (nSPS) is 16.6. The molecule has 0 aromatic carbocycles. The van der Waals surface area contributed by atoms with E-state index in [4.69, 9.17) is 4.52 Å². The van der Waals surface area contributed by atoms with E-state index < -0.39 is 11.8 Å². The summed E-state index contributed by atoms with van der Waals surface area (Å²) in [6, 6.07) is 3.32. The van der Waals surface area contributed by atoms with Gasteiger partial charge in [-0.05, 0) is 43.6 Å². The van der Waals surface area contributed by atoms with E-state index >= 15 is 0 Å². The van der Waals surface area contributed by atoms with Gasteiger partial charge in [0.25, 0.3) is 5.92 Å². The van der Waals surface area contributed by atoms with Gasteiger partial charge < -0.3 is 9.09 Å². The monoisotopic (exact) mass is 469 g/mol. The molecule has 0 spiro atoms. The molecule has 6 rings (SSSR count). The average molecular weight is 470 g/mol. The zero-order chi connectivity index (χ0) is 22.7. The van der Waals surface area contributed by atoms with E-state index in [0.717, 1.165) is 29.1 Å². The molecule has 0 N–H and O–H groups in total. The van der Waals surface area contributed by atoms with E-state index in [9.17, 15) is 8.78 Å². The largest absolute Gasteiger partial charge is 0.339 e. The number of rotatable bonds is 7. The van der Waals surface area contributed by atoms with Crippen molar-refractivity contribution in [3.05, 3.63) is 29.9 Å². The van der Waals surface area contributed by atoms with Crippen LogP contribution in [0.25, 0.3) is 34.1 Å². The topological polar surface area (TPSA) is 95.4 Å². The standard InChI is InChI=1S/C22H21F2N7OS/c1-3-33-15-8-12(18-27-21(32-30-18)11-4-5-11)10-25-17(15)20-26-14-9-16(22(23,24)13-6-7-13)28-29-19(14)31(20)2/h8-11,13H,3-7H2,1-2H3. The number of pyridine rings is 1. The summed E-state index contributed by atoms with van der Waals surface area (Å²) in [7, 11) is 1.79. The fourth-order valence-electron chi connectivity index (χ4n) is 3.86. The van der Waals surface area contributed by atoms with Crippen LogP contribution in [0.4, 0.5) is 8.78 Å². The Hall–Kier alpha value is -2.95. The van der Waals surface area contributed by atoms with E-state index in [-0.39, 0.29) is 5.69 Å². The minimum absolute atomic E-state index is 0.322. The van der Waals surface area contributed by atoms with Crippen LogP contribution in [0.15, 0.2) is 27.7 Å². The van der Waals surface area contributed by atoms with Crippen molar-refractivity contribution in [1.29, 1.82) is 0 Å². The molecule has 0 amide bonds. The zero-order valence-electron chi connectivity index (χ0n) is 18.1. The number of thioether (sulfide) groups is 1. The van der Waals surface area contributed by atoms with E-state index in [1.165, 1.54) is 6.07 Å². The van der Waals surface area contributed by atoms with Crippen molar-refractivity contribution in [1.82, 2.24) is 34.9 Å². The van der Waals surface area contributed by atoms with Crippen LogP contribution in [0.5, 0.6) is 0 Å². The lowest BCUT2D eigenvalue weighted by Crippen LogP contribution is -2.18. The first-order valence-electron chi connectivity index (χ1n) is 11.0. The first kappa shape index (κ1) is 20.6. The third-order valence-electron chi connectivity index (χ3n) is 6.04. The Kier molecular flexibility index (Phi) is 4.72. The quantitative estimate of drug-likeness (QED) is 0.350. The molecule has 0 unspecified atom stereocenters. The van der Waals surface area contributed by atoms with Gasteiger partial charge in [0, 0.05) is 35.5 Å². The number of imidazole rings is 1. The maximum atomic E-state index is 14.6. The molecule has 2 aliphatic carbocycles. The van der Waals surface area contributed by atoms with Crippen molar-refractivity contribution in [3.63, 3.8) is 0 Å². The van der Waals surface area contributed by atoms with Gasteiger partial charge in [0.1, 0.15) is 16.9 Å². The molecule has 33 heavy (non-hydrogen) atoms. The second-order valence-electron chi connectivity index (χ2n) is 8.56. The number of aromatic nitrogens is 7. The lowest BCUT2D eigenvalue weighted by Gasteiger charge is -2.13.